The fourth-order valence-corrected chi connectivity index (χ4v) is 3.42. The summed E-state index contributed by atoms with van der Waals surface area (Å²) in [4.78, 5) is 30.4. The zero-order valence-corrected chi connectivity index (χ0v) is 16.2. The topological polar surface area (TPSA) is 83.0 Å². The molecule has 5 nitrogen and oxygen atoms in total. The molecule has 1 heterocycles. The fraction of sp³-hybridized carbons (Fsp3) is 0.227. The molecule has 3 rings (SSSR count). The second kappa shape index (κ2) is 8.85. The van der Waals surface area contributed by atoms with Crippen LogP contribution in [0.4, 0.5) is 0 Å². The minimum atomic E-state index is -0.971. The van der Waals surface area contributed by atoms with Crippen molar-refractivity contribution in [1.29, 1.82) is 0 Å². The second-order valence-corrected chi connectivity index (χ2v) is 6.98. The Morgan fingerprint density at radius 1 is 1.21 bits per heavy atom. The number of nitrogens with one attached hydrogen (secondary N) is 1. The van der Waals surface area contributed by atoms with Crippen LogP contribution in [0.25, 0.3) is 11.1 Å². The number of aromatic amines is 1. The molecule has 0 aliphatic carbocycles. The van der Waals surface area contributed by atoms with Crippen LogP contribution in [0, 0.1) is 0 Å². The molecule has 0 amide bonds. The predicted octanol–water partition coefficient (Wildman–Crippen LogP) is 5.26. The standard InChI is InChI=1S/C22H21ClN2O3/c1-2-3-8-19-24-18(13-26)21(25-19)20(23)15-11-9-14(10-12-15)16-6-4-5-7-17(16)22(27)28/h4-7,9-13,20H,2-3,8H2,1H3,(H,24,25)(H,27,28). The van der Waals surface area contributed by atoms with Crippen LogP contribution in [0.3, 0.4) is 0 Å². The van der Waals surface area contributed by atoms with Gasteiger partial charge in [-0.05, 0) is 29.2 Å². The lowest BCUT2D eigenvalue weighted by Gasteiger charge is -2.11. The van der Waals surface area contributed by atoms with E-state index in [1.807, 2.05) is 24.3 Å². The molecule has 0 aliphatic heterocycles. The number of imidazole rings is 1. The quantitative estimate of drug-likeness (QED) is 0.402. The van der Waals surface area contributed by atoms with E-state index in [1.165, 1.54) is 0 Å². The number of aldehydes is 1. The van der Waals surface area contributed by atoms with E-state index in [9.17, 15) is 14.7 Å². The molecule has 0 radical (unpaired) electrons. The first-order valence-corrected chi connectivity index (χ1v) is 9.59. The molecule has 0 aliphatic rings. The number of carbonyl (C=O) groups excluding carboxylic acids is 1. The van der Waals surface area contributed by atoms with Crippen molar-refractivity contribution in [3.63, 3.8) is 0 Å². The van der Waals surface area contributed by atoms with Gasteiger partial charge in [0, 0.05) is 6.42 Å². The van der Waals surface area contributed by atoms with E-state index in [0.29, 0.717) is 17.0 Å². The number of halogens is 1. The third kappa shape index (κ3) is 4.15. The molecule has 0 saturated carbocycles. The maximum Gasteiger partial charge on any atom is 0.336 e. The molecule has 0 saturated heterocycles. The number of rotatable bonds is 8. The lowest BCUT2D eigenvalue weighted by Crippen LogP contribution is -2.00. The molecule has 28 heavy (non-hydrogen) atoms. The Morgan fingerprint density at radius 3 is 2.57 bits per heavy atom. The van der Waals surface area contributed by atoms with Crippen LogP contribution in [0.5, 0.6) is 0 Å². The van der Waals surface area contributed by atoms with E-state index in [2.05, 4.69) is 16.9 Å². The van der Waals surface area contributed by atoms with Crippen molar-refractivity contribution >= 4 is 23.9 Å². The first-order chi connectivity index (χ1) is 13.5. The number of alkyl halides is 1. The van der Waals surface area contributed by atoms with Crippen LogP contribution in [0.2, 0.25) is 0 Å². The van der Waals surface area contributed by atoms with Crippen LogP contribution in [-0.2, 0) is 6.42 Å². The lowest BCUT2D eigenvalue weighted by molar-refractivity contribution is 0.0697. The molecular formula is C22H21ClN2O3. The minimum Gasteiger partial charge on any atom is -0.478 e. The molecule has 1 aromatic heterocycles. The molecule has 3 aromatic rings. The highest BCUT2D eigenvalue weighted by Gasteiger charge is 2.20. The number of aromatic carboxylic acids is 1. The second-order valence-electron chi connectivity index (χ2n) is 6.54. The number of aryl methyl sites for hydroxylation is 1. The molecule has 1 unspecified atom stereocenters. The Morgan fingerprint density at radius 2 is 1.93 bits per heavy atom. The van der Waals surface area contributed by atoms with Crippen LogP contribution < -0.4 is 0 Å². The number of benzene rings is 2. The van der Waals surface area contributed by atoms with E-state index in [4.69, 9.17) is 11.6 Å². The highest BCUT2D eigenvalue weighted by molar-refractivity contribution is 6.22. The van der Waals surface area contributed by atoms with Gasteiger partial charge in [-0.15, -0.1) is 11.6 Å². The first-order valence-electron chi connectivity index (χ1n) is 9.15. The number of carbonyl (C=O) groups is 2. The summed E-state index contributed by atoms with van der Waals surface area (Å²) in [7, 11) is 0. The SMILES string of the molecule is CCCCc1nc(C(Cl)c2ccc(-c3ccccc3C(=O)O)cc2)c(C=O)[nH]1. The normalized spacial score (nSPS) is 11.9. The van der Waals surface area contributed by atoms with E-state index >= 15 is 0 Å². The number of aromatic nitrogens is 2. The molecule has 0 fully saturated rings. The van der Waals surface area contributed by atoms with Gasteiger partial charge in [0.25, 0.3) is 0 Å². The molecule has 2 aromatic carbocycles. The molecule has 1 atom stereocenters. The monoisotopic (exact) mass is 396 g/mol. The van der Waals surface area contributed by atoms with Crippen molar-refractivity contribution in [2.75, 3.05) is 0 Å². The molecule has 0 bridgehead atoms. The van der Waals surface area contributed by atoms with Crippen molar-refractivity contribution in [1.82, 2.24) is 9.97 Å². The minimum absolute atomic E-state index is 0.244. The van der Waals surface area contributed by atoms with Crippen LogP contribution >= 0.6 is 11.6 Å². The summed E-state index contributed by atoms with van der Waals surface area (Å²) in [5.74, 6) is -0.210. The molecular weight excluding hydrogens is 376 g/mol. The molecule has 6 heteroatoms. The largest absolute Gasteiger partial charge is 0.478 e. The zero-order chi connectivity index (χ0) is 20.1. The Balaban J connectivity index is 1.89. The first kappa shape index (κ1) is 19.8. The highest BCUT2D eigenvalue weighted by atomic mass is 35.5. The van der Waals surface area contributed by atoms with E-state index in [1.54, 1.807) is 24.3 Å². The zero-order valence-electron chi connectivity index (χ0n) is 15.5. The average molecular weight is 397 g/mol. The summed E-state index contributed by atoms with van der Waals surface area (Å²) < 4.78 is 0. The van der Waals surface area contributed by atoms with Gasteiger partial charge in [-0.1, -0.05) is 55.8 Å². The van der Waals surface area contributed by atoms with Crippen molar-refractivity contribution in [2.45, 2.75) is 31.6 Å². The summed E-state index contributed by atoms with van der Waals surface area (Å²) >= 11 is 6.61. The Kier molecular flexibility index (Phi) is 6.26. The lowest BCUT2D eigenvalue weighted by atomic mass is 9.97. The van der Waals surface area contributed by atoms with E-state index in [-0.39, 0.29) is 5.56 Å². The predicted molar refractivity (Wildman–Crippen MR) is 109 cm³/mol. The third-order valence-electron chi connectivity index (χ3n) is 4.61. The molecule has 0 spiro atoms. The molecule has 144 valence electrons. The number of nitrogens with zero attached hydrogens (tertiary/aromatic N) is 1. The van der Waals surface area contributed by atoms with Gasteiger partial charge in [0.2, 0.25) is 0 Å². The smallest absolute Gasteiger partial charge is 0.336 e. The van der Waals surface area contributed by atoms with Crippen molar-refractivity contribution in [3.8, 4) is 11.1 Å². The summed E-state index contributed by atoms with van der Waals surface area (Å²) in [6.07, 6.45) is 3.53. The summed E-state index contributed by atoms with van der Waals surface area (Å²) in [5.41, 5.74) is 3.37. The van der Waals surface area contributed by atoms with Crippen molar-refractivity contribution < 1.29 is 14.7 Å². The third-order valence-corrected chi connectivity index (χ3v) is 5.07. The average Bonchev–Trinajstić information content (AvgIpc) is 3.15. The van der Waals surface area contributed by atoms with Gasteiger partial charge in [-0.25, -0.2) is 9.78 Å². The van der Waals surface area contributed by atoms with Gasteiger partial charge in [0.1, 0.15) is 16.9 Å². The summed E-state index contributed by atoms with van der Waals surface area (Å²) in [5, 5.41) is 8.80. The van der Waals surface area contributed by atoms with Crippen molar-refractivity contribution in [3.05, 3.63) is 76.9 Å². The van der Waals surface area contributed by atoms with Crippen LogP contribution in [0.15, 0.2) is 48.5 Å². The number of hydrogen-bond donors (Lipinski definition) is 2. The number of H-pyrrole nitrogens is 1. The van der Waals surface area contributed by atoms with Gasteiger partial charge in [0.15, 0.2) is 6.29 Å². The van der Waals surface area contributed by atoms with Gasteiger partial charge < -0.3 is 10.1 Å². The van der Waals surface area contributed by atoms with Crippen LogP contribution in [0.1, 0.15) is 63.1 Å². The summed E-state index contributed by atoms with van der Waals surface area (Å²) in [6, 6.07) is 14.2. The fourth-order valence-electron chi connectivity index (χ4n) is 3.11. The Hall–Kier alpha value is -2.92. The number of hydrogen-bond acceptors (Lipinski definition) is 3. The van der Waals surface area contributed by atoms with Crippen molar-refractivity contribution in [2.24, 2.45) is 0 Å². The van der Waals surface area contributed by atoms with Gasteiger partial charge >= 0.3 is 5.97 Å². The number of carboxylic acid groups (broad SMARTS) is 1. The number of carboxylic acids is 1. The van der Waals surface area contributed by atoms with E-state index in [0.717, 1.165) is 42.5 Å². The van der Waals surface area contributed by atoms with Crippen LogP contribution in [-0.4, -0.2) is 27.3 Å². The maximum absolute atomic E-state index is 11.4. The Labute approximate surface area is 168 Å². The Bertz CT molecular complexity index is 980. The maximum atomic E-state index is 11.4. The van der Waals surface area contributed by atoms with E-state index < -0.39 is 11.3 Å². The molecule has 2 N–H and O–H groups in total. The summed E-state index contributed by atoms with van der Waals surface area (Å²) in [6.45, 7) is 2.10. The van der Waals surface area contributed by atoms with Gasteiger partial charge in [0.05, 0.1) is 11.3 Å². The number of unbranched alkanes of at least 4 members (excludes halogenated alkanes) is 1. The van der Waals surface area contributed by atoms with Gasteiger partial charge in [-0.3, -0.25) is 4.79 Å². The highest BCUT2D eigenvalue weighted by Crippen LogP contribution is 2.32. The van der Waals surface area contributed by atoms with Gasteiger partial charge in [-0.2, -0.15) is 0 Å².